The Morgan fingerprint density at radius 2 is 2.00 bits per heavy atom. The molecule has 2 atom stereocenters. The van der Waals surface area contributed by atoms with Crippen LogP contribution in [0.2, 0.25) is 0 Å². The molecule has 1 aromatic rings. The summed E-state index contributed by atoms with van der Waals surface area (Å²) in [5, 5.41) is 13.3. The third-order valence-electron chi connectivity index (χ3n) is 4.49. The summed E-state index contributed by atoms with van der Waals surface area (Å²) in [6.07, 6.45) is 4.46. The summed E-state index contributed by atoms with van der Waals surface area (Å²) in [5.41, 5.74) is 2.01. The SMILES string of the molecule is CCC(C)C(O)CNCc1cc(C)nc(N2CCCCC2)n1. The van der Waals surface area contributed by atoms with Gasteiger partial charge in [0.1, 0.15) is 0 Å². The molecule has 1 aliphatic rings. The number of aliphatic hydroxyl groups is 1. The van der Waals surface area contributed by atoms with E-state index >= 15 is 0 Å². The van der Waals surface area contributed by atoms with Crippen molar-refractivity contribution < 1.29 is 5.11 Å². The third-order valence-corrected chi connectivity index (χ3v) is 4.49. The highest BCUT2D eigenvalue weighted by atomic mass is 16.3. The van der Waals surface area contributed by atoms with E-state index in [2.05, 4.69) is 34.0 Å². The van der Waals surface area contributed by atoms with Gasteiger partial charge in [0, 0.05) is 31.9 Å². The zero-order valence-electron chi connectivity index (χ0n) is 14.2. The highest BCUT2D eigenvalue weighted by Crippen LogP contribution is 2.16. The first-order valence-electron chi connectivity index (χ1n) is 8.58. The van der Waals surface area contributed by atoms with E-state index in [1.54, 1.807) is 0 Å². The van der Waals surface area contributed by atoms with Crippen LogP contribution in [0, 0.1) is 12.8 Å². The molecule has 0 spiro atoms. The summed E-state index contributed by atoms with van der Waals surface area (Å²) >= 11 is 0. The van der Waals surface area contributed by atoms with Crippen LogP contribution in [0.15, 0.2) is 6.07 Å². The molecule has 0 aliphatic carbocycles. The molecule has 0 amide bonds. The second-order valence-electron chi connectivity index (χ2n) is 6.43. The van der Waals surface area contributed by atoms with E-state index in [0.29, 0.717) is 19.0 Å². The van der Waals surface area contributed by atoms with Crippen LogP contribution in [0.25, 0.3) is 0 Å². The number of piperidine rings is 1. The minimum atomic E-state index is -0.297. The predicted octanol–water partition coefficient (Wildman–Crippen LogP) is 2.27. The van der Waals surface area contributed by atoms with E-state index < -0.39 is 0 Å². The average Bonchev–Trinajstić information content (AvgIpc) is 2.54. The zero-order chi connectivity index (χ0) is 15.9. The molecular formula is C17H30N4O. The third kappa shape index (κ3) is 4.92. The zero-order valence-corrected chi connectivity index (χ0v) is 14.2. The topological polar surface area (TPSA) is 61.3 Å². The number of nitrogens with zero attached hydrogens (tertiary/aromatic N) is 3. The molecule has 2 N–H and O–H groups in total. The first-order valence-corrected chi connectivity index (χ1v) is 8.58. The van der Waals surface area contributed by atoms with E-state index in [4.69, 9.17) is 0 Å². The van der Waals surface area contributed by atoms with Crippen molar-refractivity contribution in [2.75, 3.05) is 24.5 Å². The lowest BCUT2D eigenvalue weighted by Crippen LogP contribution is -2.33. The van der Waals surface area contributed by atoms with Gasteiger partial charge in [0.2, 0.25) is 5.95 Å². The van der Waals surface area contributed by atoms with Crippen LogP contribution < -0.4 is 10.2 Å². The van der Waals surface area contributed by atoms with Crippen LogP contribution in [0.1, 0.15) is 50.9 Å². The minimum Gasteiger partial charge on any atom is -0.392 e. The summed E-state index contributed by atoms with van der Waals surface area (Å²) in [6, 6.07) is 2.02. The Hall–Kier alpha value is -1.20. The lowest BCUT2D eigenvalue weighted by Gasteiger charge is -2.27. The molecule has 5 heteroatoms. The second-order valence-corrected chi connectivity index (χ2v) is 6.43. The Morgan fingerprint density at radius 1 is 1.27 bits per heavy atom. The van der Waals surface area contributed by atoms with Crippen molar-refractivity contribution in [2.45, 2.75) is 59.1 Å². The van der Waals surface area contributed by atoms with Crippen molar-refractivity contribution in [3.8, 4) is 0 Å². The molecule has 0 aromatic carbocycles. The van der Waals surface area contributed by atoms with Crippen LogP contribution in [-0.2, 0) is 6.54 Å². The fraction of sp³-hybridized carbons (Fsp3) is 0.765. The van der Waals surface area contributed by atoms with Gasteiger partial charge in [-0.05, 0) is 38.2 Å². The number of hydrogen-bond acceptors (Lipinski definition) is 5. The van der Waals surface area contributed by atoms with Crippen LogP contribution in [0.4, 0.5) is 5.95 Å². The van der Waals surface area contributed by atoms with Crippen molar-refractivity contribution in [2.24, 2.45) is 5.92 Å². The van der Waals surface area contributed by atoms with Gasteiger partial charge in [-0.15, -0.1) is 0 Å². The molecule has 0 radical (unpaired) electrons. The summed E-state index contributed by atoms with van der Waals surface area (Å²) in [4.78, 5) is 11.6. The first kappa shape index (κ1) is 17.2. The number of aromatic nitrogens is 2. The summed E-state index contributed by atoms with van der Waals surface area (Å²) in [6.45, 7) is 9.61. The van der Waals surface area contributed by atoms with Crippen LogP contribution >= 0.6 is 0 Å². The molecule has 1 aromatic heterocycles. The maximum absolute atomic E-state index is 10.0. The molecule has 2 heterocycles. The standard InChI is InChI=1S/C17H30N4O/c1-4-13(2)16(22)12-18-11-15-10-14(3)19-17(20-15)21-8-6-5-7-9-21/h10,13,16,18,22H,4-9,11-12H2,1-3H3. The average molecular weight is 306 g/mol. The smallest absolute Gasteiger partial charge is 0.225 e. The molecule has 2 unspecified atom stereocenters. The Kier molecular flexibility index (Phi) is 6.58. The molecule has 1 aliphatic heterocycles. The molecular weight excluding hydrogens is 276 g/mol. The van der Waals surface area contributed by atoms with E-state index in [9.17, 15) is 5.11 Å². The van der Waals surface area contributed by atoms with Gasteiger partial charge in [-0.25, -0.2) is 9.97 Å². The first-order chi connectivity index (χ1) is 10.6. The van der Waals surface area contributed by atoms with Crippen molar-refractivity contribution >= 4 is 5.95 Å². The second kappa shape index (κ2) is 8.44. The highest BCUT2D eigenvalue weighted by Gasteiger charge is 2.15. The molecule has 124 valence electrons. The number of aliphatic hydroxyl groups excluding tert-OH is 1. The van der Waals surface area contributed by atoms with Gasteiger partial charge in [0.25, 0.3) is 0 Å². The van der Waals surface area contributed by atoms with E-state index in [1.807, 2.05) is 13.0 Å². The van der Waals surface area contributed by atoms with Gasteiger partial charge in [0.15, 0.2) is 0 Å². The quantitative estimate of drug-likeness (QED) is 0.809. The van der Waals surface area contributed by atoms with Gasteiger partial charge < -0.3 is 15.3 Å². The lowest BCUT2D eigenvalue weighted by atomic mass is 10.0. The highest BCUT2D eigenvalue weighted by molar-refractivity contribution is 5.32. The Morgan fingerprint density at radius 3 is 2.68 bits per heavy atom. The van der Waals surface area contributed by atoms with Crippen molar-refractivity contribution in [1.82, 2.24) is 15.3 Å². The Labute approximate surface area is 134 Å². The fourth-order valence-corrected chi connectivity index (χ4v) is 2.76. The number of hydrogen-bond donors (Lipinski definition) is 2. The number of aryl methyl sites for hydroxylation is 1. The number of anilines is 1. The van der Waals surface area contributed by atoms with Gasteiger partial charge >= 0.3 is 0 Å². The monoisotopic (exact) mass is 306 g/mol. The minimum absolute atomic E-state index is 0.297. The van der Waals surface area contributed by atoms with E-state index in [1.165, 1.54) is 19.3 Å². The van der Waals surface area contributed by atoms with Gasteiger partial charge in [-0.2, -0.15) is 0 Å². The molecule has 2 rings (SSSR count). The Balaban J connectivity index is 1.92. The van der Waals surface area contributed by atoms with Crippen LogP contribution in [-0.4, -0.2) is 40.8 Å². The van der Waals surface area contributed by atoms with Gasteiger partial charge in [-0.3, -0.25) is 0 Å². The van der Waals surface area contributed by atoms with Crippen molar-refractivity contribution in [3.63, 3.8) is 0 Å². The summed E-state index contributed by atoms with van der Waals surface area (Å²) in [7, 11) is 0. The number of rotatable bonds is 7. The molecule has 22 heavy (non-hydrogen) atoms. The van der Waals surface area contributed by atoms with Crippen molar-refractivity contribution in [1.29, 1.82) is 0 Å². The van der Waals surface area contributed by atoms with Gasteiger partial charge in [-0.1, -0.05) is 20.3 Å². The normalized spacial score (nSPS) is 18.3. The lowest BCUT2D eigenvalue weighted by molar-refractivity contribution is 0.112. The largest absolute Gasteiger partial charge is 0.392 e. The molecule has 5 nitrogen and oxygen atoms in total. The van der Waals surface area contributed by atoms with Crippen LogP contribution in [0.3, 0.4) is 0 Å². The predicted molar refractivity (Wildman–Crippen MR) is 90.0 cm³/mol. The Bertz CT molecular complexity index is 460. The van der Waals surface area contributed by atoms with E-state index in [-0.39, 0.29) is 6.10 Å². The van der Waals surface area contributed by atoms with Crippen molar-refractivity contribution in [3.05, 3.63) is 17.5 Å². The maximum Gasteiger partial charge on any atom is 0.225 e. The molecule has 1 fully saturated rings. The molecule has 0 saturated carbocycles. The summed E-state index contributed by atoms with van der Waals surface area (Å²) < 4.78 is 0. The van der Waals surface area contributed by atoms with Gasteiger partial charge in [0.05, 0.1) is 11.8 Å². The van der Waals surface area contributed by atoms with E-state index in [0.717, 1.165) is 36.8 Å². The fourth-order valence-electron chi connectivity index (χ4n) is 2.76. The summed E-state index contributed by atoms with van der Waals surface area (Å²) in [5.74, 6) is 1.18. The molecule has 0 bridgehead atoms. The maximum atomic E-state index is 10.0. The number of nitrogens with one attached hydrogen (secondary N) is 1. The molecule has 1 saturated heterocycles. The van der Waals surface area contributed by atoms with Crippen LogP contribution in [0.5, 0.6) is 0 Å².